The fraction of sp³-hybridized carbons (Fsp3) is 0.418. The van der Waals surface area contributed by atoms with Crippen LogP contribution in [0.5, 0.6) is 40.2 Å². The van der Waals surface area contributed by atoms with Crippen molar-refractivity contribution in [3.63, 3.8) is 0 Å². The number of piperidine rings is 1. The molecule has 39 nitrogen and oxygen atoms in total. The number of benzene rings is 5. The molecular formula is C79H83N4O35S. The second-order valence-corrected chi connectivity index (χ2v) is 28.2. The van der Waals surface area contributed by atoms with Gasteiger partial charge in [-0.3, -0.25) is 38.4 Å². The molecule has 3 unspecified atom stereocenters. The molecule has 1 radical (unpaired) electrons. The van der Waals surface area contributed by atoms with Gasteiger partial charge in [0.05, 0.1) is 63.0 Å². The molecule has 0 bridgehead atoms. The van der Waals surface area contributed by atoms with Crippen molar-refractivity contribution in [1.29, 1.82) is 0 Å². The van der Waals surface area contributed by atoms with Gasteiger partial charge >= 0.3 is 70.9 Å². The Morgan fingerprint density at radius 1 is 0.454 bits per heavy atom. The highest BCUT2D eigenvalue weighted by atomic mass is 32.2. The van der Waals surface area contributed by atoms with Crippen molar-refractivity contribution < 1.29 is 166 Å². The first-order chi connectivity index (χ1) is 56.6. The Morgan fingerprint density at radius 2 is 0.832 bits per heavy atom. The van der Waals surface area contributed by atoms with Crippen molar-refractivity contribution in [3.05, 3.63) is 149 Å². The third-order valence-electron chi connectivity index (χ3n) is 19.3. The van der Waals surface area contributed by atoms with Crippen LogP contribution in [-0.4, -0.2) is 228 Å². The van der Waals surface area contributed by atoms with Crippen LogP contribution >= 0.6 is 0 Å². The molecule has 4 fully saturated rings. The summed E-state index contributed by atoms with van der Waals surface area (Å²) in [6.45, 7) is 12.5. The highest BCUT2D eigenvalue weighted by molar-refractivity contribution is 7.67. The number of esters is 8. The van der Waals surface area contributed by atoms with Crippen molar-refractivity contribution in [3.8, 4) is 40.2 Å². The van der Waals surface area contributed by atoms with E-state index in [0.717, 1.165) is 65.6 Å². The first-order valence-electron chi connectivity index (χ1n) is 36.5. The van der Waals surface area contributed by atoms with Gasteiger partial charge < -0.3 is 109 Å². The van der Waals surface area contributed by atoms with Gasteiger partial charge in [0, 0.05) is 66.8 Å². The molecule has 5 aromatic rings. The predicted molar refractivity (Wildman–Crippen MR) is 399 cm³/mol. The first kappa shape index (κ1) is 86.9. The molecule has 0 aromatic heterocycles. The minimum absolute atomic E-state index is 0.00705. The highest BCUT2D eigenvalue weighted by Crippen LogP contribution is 2.46. The van der Waals surface area contributed by atoms with E-state index in [4.69, 9.17) is 89.4 Å². The maximum absolute atomic E-state index is 14.7. The quantitative estimate of drug-likeness (QED) is 0.0415. The van der Waals surface area contributed by atoms with E-state index in [-0.39, 0.29) is 99.8 Å². The van der Waals surface area contributed by atoms with Crippen LogP contribution in [0.3, 0.4) is 0 Å². The molecule has 0 saturated carbocycles. The summed E-state index contributed by atoms with van der Waals surface area (Å²) in [5, 5.41) is 24.5. The number of amides is 4. The molecule has 14 atom stereocenters. The third-order valence-corrected chi connectivity index (χ3v) is 19.6. The molecule has 0 spiro atoms. The van der Waals surface area contributed by atoms with Crippen LogP contribution < -0.4 is 42.4 Å². The van der Waals surface area contributed by atoms with Crippen molar-refractivity contribution in [2.45, 2.75) is 173 Å². The Bertz CT molecular complexity index is 4870. The van der Waals surface area contributed by atoms with E-state index >= 15 is 0 Å². The number of rotatable bonds is 26. The van der Waals surface area contributed by atoms with Crippen molar-refractivity contribution in [2.24, 2.45) is 0 Å². The monoisotopic (exact) mass is 1680 g/mol. The fourth-order valence-corrected chi connectivity index (χ4v) is 14.5. The van der Waals surface area contributed by atoms with Crippen LogP contribution in [0.2, 0.25) is 0 Å². The summed E-state index contributed by atoms with van der Waals surface area (Å²) in [6.07, 6.45) is -22.0. The second kappa shape index (κ2) is 37.6. The van der Waals surface area contributed by atoms with Crippen LogP contribution in [0.15, 0.2) is 115 Å². The van der Waals surface area contributed by atoms with Gasteiger partial charge in [0.15, 0.2) is 72.1 Å². The minimum Gasteiger partial charge on any atom is -0.493 e. The Morgan fingerprint density at radius 3 is 1.22 bits per heavy atom. The zero-order valence-corrected chi connectivity index (χ0v) is 66.4. The summed E-state index contributed by atoms with van der Waals surface area (Å²) >= 11 is 0. The summed E-state index contributed by atoms with van der Waals surface area (Å²) in [4.78, 5) is 163. The molecule has 11 rings (SSSR count). The molecule has 0 aliphatic carbocycles. The largest absolute Gasteiger partial charge is 0.493 e. The molecule has 40 heteroatoms. The number of fused-ring (bicyclic) bond motifs is 4. The van der Waals surface area contributed by atoms with Crippen LogP contribution in [0.1, 0.15) is 104 Å². The van der Waals surface area contributed by atoms with Crippen LogP contribution in [0.25, 0.3) is 0 Å². The average Bonchev–Trinajstić information content (AvgIpc) is 1.64. The molecule has 119 heavy (non-hydrogen) atoms. The summed E-state index contributed by atoms with van der Waals surface area (Å²) in [5.41, 5.74) is 1.66. The number of anilines is 2. The number of ether oxygens (including phenoxy) is 18. The number of methoxy groups -OCH3 is 4. The normalized spacial score (nSPS) is 23.6. The lowest BCUT2D eigenvalue weighted by atomic mass is 9.97. The zero-order valence-electron chi connectivity index (χ0n) is 65.6. The van der Waals surface area contributed by atoms with Gasteiger partial charge in [-0.2, -0.15) is 0 Å². The summed E-state index contributed by atoms with van der Waals surface area (Å²) in [7, 11) is 1.47. The Kier molecular flexibility index (Phi) is 27.4. The van der Waals surface area contributed by atoms with E-state index in [1.165, 1.54) is 115 Å². The lowest BCUT2D eigenvalue weighted by Gasteiger charge is -2.43. The second-order valence-electron chi connectivity index (χ2n) is 27.7. The third kappa shape index (κ3) is 20.0. The molecule has 635 valence electrons. The predicted octanol–water partition coefficient (Wildman–Crippen LogP) is 5.06. The van der Waals surface area contributed by atoms with Gasteiger partial charge in [0.1, 0.15) is 43.7 Å². The molecule has 2 N–H and O–H groups in total. The Hall–Kier alpha value is -12.9. The summed E-state index contributed by atoms with van der Waals surface area (Å²) < 4.78 is 131. The molecule has 4 saturated heterocycles. The van der Waals surface area contributed by atoms with Crippen molar-refractivity contribution >= 4 is 94.1 Å². The van der Waals surface area contributed by atoms with Crippen LogP contribution in [0, 0.1) is 0 Å². The number of aliphatic hydroxyl groups excluding tert-OH is 2. The summed E-state index contributed by atoms with van der Waals surface area (Å²) in [6, 6.07) is 18.6. The topological polar surface area (TPSA) is 468 Å². The van der Waals surface area contributed by atoms with Crippen LogP contribution in [-0.2, 0) is 133 Å². The zero-order chi connectivity index (χ0) is 86.1. The van der Waals surface area contributed by atoms with E-state index in [9.17, 15) is 76.2 Å². The first-order valence-corrected chi connectivity index (χ1v) is 37.5. The number of hydrogen-bond acceptors (Lipinski definition) is 35. The fourth-order valence-electron chi connectivity index (χ4n) is 14.2. The molecule has 4 amide bonds. The minimum atomic E-state index is -3.15. The van der Waals surface area contributed by atoms with Crippen molar-refractivity contribution in [2.75, 3.05) is 51.3 Å². The standard InChI is InChI=1S/C79H83N4O35S/c1-37-13-22-54-72(92)82(78(96)106-33-45-14-18-49(19-15-45)114-76-68(112-43(7)88)64(110-41(5)86)62(108-39(3)84)66(116-76)74(94)102-11)55-29-60(58(100-9)27-52(55)70(90)80(54)31-37)104-35-47-24-48(26-51(25-47)118-119(98)99)36-105-61-30-56-53(28-59(61)101-10)71(91)81-32-38(2)23-57(81)73(93)83(56)79(97)107-34-46-16-20-50(21-17-46)115-77-69(113-44(8)89)65(111-42(6)87)63(109-40(4)85)67(117-77)75(95)103-12/h14-21,24-30,54,57,62-69,72-73,76-77,92-93H,1-2,13,22-23,31-36H2,3-12H3/t54?,57-,62-,63-,64-,65-,66-,67-,68+,69+,72?,73?,76+,77+/m0/s1. The molecule has 6 aliphatic rings. The van der Waals surface area contributed by atoms with E-state index in [0.29, 0.717) is 28.7 Å². The maximum Gasteiger partial charge on any atom is 0.416 e. The number of nitrogens with zero attached hydrogens (tertiary/aromatic N) is 4. The van der Waals surface area contributed by atoms with Gasteiger partial charge in [-0.05, 0) is 96.1 Å². The van der Waals surface area contributed by atoms with E-state index in [1.54, 1.807) is 0 Å². The van der Waals surface area contributed by atoms with Crippen molar-refractivity contribution in [1.82, 2.24) is 9.80 Å². The number of carbonyl (C=O) groups is 12. The number of aliphatic hydroxyl groups is 2. The van der Waals surface area contributed by atoms with Gasteiger partial charge in [0.25, 0.3) is 11.8 Å². The van der Waals surface area contributed by atoms with E-state index in [1.807, 2.05) is 0 Å². The van der Waals surface area contributed by atoms with Gasteiger partial charge in [-0.1, -0.05) is 48.6 Å². The summed E-state index contributed by atoms with van der Waals surface area (Å²) in [5.74, 6) is -9.35. The Labute approximate surface area is 680 Å². The average molecular weight is 1680 g/mol. The lowest BCUT2D eigenvalue weighted by molar-refractivity contribution is -0.282. The highest BCUT2D eigenvalue weighted by Gasteiger charge is 2.58. The Balaban J connectivity index is 0.823. The number of hydrogen-bond donors (Lipinski definition) is 2. The molecular weight excluding hydrogens is 1600 g/mol. The molecule has 5 aromatic carbocycles. The van der Waals surface area contributed by atoms with Gasteiger partial charge in [0.2, 0.25) is 24.8 Å². The van der Waals surface area contributed by atoms with Crippen LogP contribution in [0.4, 0.5) is 21.0 Å². The molecule has 6 heterocycles. The van der Waals surface area contributed by atoms with E-state index in [2.05, 4.69) is 13.2 Å². The SMILES string of the molecule is C=C1CCC2C(O)N(C(=O)OCc3ccc(O[C@@H]4O[C@H](C(=O)OC)[C@@H](OC(C)=O)[C@H](OC(C)=O)[C@H]4OC(C)=O)cc3)c3cc(OCc4cc(COc5cc6c(cc5OC)C(=O)N5CC(=C)C[C@H]5C(O)N6C(=O)OCc5ccc(O[C@@H]6O[C@H](C(=O)OC)[C@@H](OC(C)=O)[C@H](OC(C)=O)[C@H]6OC(C)=O)cc5)cc(O[S](=O)=O)c4)c(OC)cc3C(=O)N2C1. The molecule has 6 aliphatic heterocycles. The van der Waals surface area contributed by atoms with Gasteiger partial charge in [-0.25, -0.2) is 29.0 Å². The number of carbonyl (C=O) groups excluding carboxylic acids is 12. The van der Waals surface area contributed by atoms with E-state index < -0.39 is 195 Å². The lowest BCUT2D eigenvalue weighted by Crippen LogP contribution is -2.64. The maximum atomic E-state index is 14.7. The van der Waals surface area contributed by atoms with Gasteiger partial charge in [-0.15, -0.1) is 8.42 Å². The smallest absolute Gasteiger partial charge is 0.416 e.